The van der Waals surface area contributed by atoms with E-state index in [4.69, 9.17) is 18.9 Å². The number of ether oxygens (including phenoxy) is 4. The van der Waals surface area contributed by atoms with Crippen LogP contribution in [0.1, 0.15) is 199 Å². The number of likely N-dealkylation sites (tertiary alicyclic amines) is 2. The van der Waals surface area contributed by atoms with Crippen molar-refractivity contribution >= 4 is 90.9 Å². The summed E-state index contributed by atoms with van der Waals surface area (Å²) in [6, 6.07) is 6.73. The number of Topliss-reactive ketones (excluding diaryl/α,β-unsaturated/α-hetero) is 2. The molecular weight excluding hydrogens is 1480 g/mol. The summed E-state index contributed by atoms with van der Waals surface area (Å²) in [6.45, 7) is 17.4. The summed E-state index contributed by atoms with van der Waals surface area (Å²) < 4.78 is 107. The third-order valence-electron chi connectivity index (χ3n) is 22.6. The molecule has 6 aliphatic carbocycles. The minimum atomic E-state index is -3.92. The number of rotatable bonds is 32. The van der Waals surface area contributed by atoms with Gasteiger partial charge in [0.1, 0.15) is 35.0 Å². The number of ketones is 4. The van der Waals surface area contributed by atoms with Crippen LogP contribution in [0, 0.1) is 58.0 Å². The Bertz CT molecular complexity index is 4360. The van der Waals surface area contributed by atoms with Gasteiger partial charge in [0.15, 0.2) is 23.1 Å². The molecule has 0 radical (unpaired) electrons. The molecule has 30 heteroatoms. The van der Waals surface area contributed by atoms with Crippen LogP contribution in [0.25, 0.3) is 0 Å². The molecule has 0 aromatic heterocycles. The van der Waals surface area contributed by atoms with E-state index in [1.54, 1.807) is 65.8 Å². The van der Waals surface area contributed by atoms with E-state index in [9.17, 15) is 83.2 Å². The number of allylic oxidation sites excluding steroid dienone is 6. The Balaban J connectivity index is 0.000000220. The van der Waals surface area contributed by atoms with Crippen LogP contribution < -0.4 is 9.44 Å². The Hall–Kier alpha value is -8.80. The van der Waals surface area contributed by atoms with Crippen LogP contribution in [-0.4, -0.2) is 166 Å². The van der Waals surface area contributed by atoms with E-state index in [0.29, 0.717) is 59.8 Å². The molecule has 2 aromatic rings. The van der Waals surface area contributed by atoms with Crippen molar-refractivity contribution in [1.82, 2.24) is 29.0 Å². The summed E-state index contributed by atoms with van der Waals surface area (Å²) in [5, 5.41) is -1.33. The lowest BCUT2D eigenvalue weighted by molar-refractivity contribution is -0.159. The predicted molar refractivity (Wildman–Crippen MR) is 398 cm³/mol. The van der Waals surface area contributed by atoms with Crippen molar-refractivity contribution in [3.8, 4) is 0 Å². The van der Waals surface area contributed by atoms with Crippen molar-refractivity contribution < 1.29 is 102 Å². The number of amides is 6. The third kappa shape index (κ3) is 20.9. The first-order valence-corrected chi connectivity index (χ1v) is 41.7. The van der Waals surface area contributed by atoms with Crippen molar-refractivity contribution in [1.29, 1.82) is 0 Å². The molecule has 602 valence electrons. The summed E-state index contributed by atoms with van der Waals surface area (Å²) in [5.74, 6) is -9.04. The maximum Gasteiger partial charge on any atom is 0.410 e. The first-order chi connectivity index (χ1) is 52.3. The number of benzene rings is 2. The summed E-state index contributed by atoms with van der Waals surface area (Å²) in [5.41, 5.74) is -2.50. The third-order valence-corrected chi connectivity index (χ3v) is 26.2. The molecule has 12 rings (SSSR count). The van der Waals surface area contributed by atoms with Gasteiger partial charge in [-0.2, -0.15) is 0 Å². The normalized spacial score (nSPS) is 25.3. The van der Waals surface area contributed by atoms with Crippen molar-refractivity contribution in [3.63, 3.8) is 0 Å². The lowest BCUT2D eigenvalue weighted by Crippen LogP contribution is -2.46. The largest absolute Gasteiger partial charge is 0.460 e. The molecule has 2 unspecified atom stereocenters. The molecule has 0 bridgehead atoms. The second-order valence-corrected chi connectivity index (χ2v) is 37.7. The zero-order valence-electron chi connectivity index (χ0n) is 63.9. The van der Waals surface area contributed by atoms with Crippen LogP contribution in [0.4, 0.5) is 18.4 Å². The SMILES string of the molecule is C=C[C@@H]1C[C@]1(CC(=O)[C@@H]1CC(OC(=O)N2Cc3cccc(F)c3C2)CN1C(=O)[C@H](CCC(=O)/C=C/C1CC1)CC(=O)OC(C)(C)C)C(=O)NS(=O)(=O)C1CC1.C=C[C@@H]1C[C@]1(CC(=O)[C@@H]1CC(OC(=O)N2Cc3cccc(F)c3C2)CN1C(=O)[C@H](CCC(=O)/C=C/C1CCC1)CC(=O)OC(C)(C)C)C(=O)NS(=O)(=O)C1CC1. The minimum Gasteiger partial charge on any atom is -0.460 e. The number of fused-ring (bicyclic) bond motifs is 2. The van der Waals surface area contributed by atoms with E-state index in [1.165, 1.54) is 56.0 Å². The fraction of sp³-hybridized carbons (Fsp3) is 0.605. The van der Waals surface area contributed by atoms with E-state index in [-0.39, 0.29) is 115 Å². The Morgan fingerprint density at radius 2 is 0.928 bits per heavy atom. The first kappa shape index (κ1) is 83.1. The van der Waals surface area contributed by atoms with Gasteiger partial charge in [0.25, 0.3) is 0 Å². The number of hydrogen-bond acceptors (Lipinski definition) is 20. The van der Waals surface area contributed by atoms with Gasteiger partial charge in [-0.25, -0.2) is 35.2 Å². The number of sulfonamides is 2. The summed E-state index contributed by atoms with van der Waals surface area (Å²) in [4.78, 5) is 169. The number of carbonyl (C=O) groups is 12. The molecule has 10 aliphatic rings. The Kier molecular flexibility index (Phi) is 25.1. The molecule has 6 amide bonds. The number of nitrogens with zero attached hydrogens (tertiary/aromatic N) is 4. The lowest BCUT2D eigenvalue weighted by Gasteiger charge is -2.29. The molecule has 111 heavy (non-hydrogen) atoms. The van der Waals surface area contributed by atoms with Gasteiger partial charge in [-0.1, -0.05) is 55.0 Å². The van der Waals surface area contributed by atoms with Gasteiger partial charge >= 0.3 is 24.1 Å². The quantitative estimate of drug-likeness (QED) is 0.0298. The van der Waals surface area contributed by atoms with Crippen LogP contribution in [0.3, 0.4) is 0 Å². The second kappa shape index (κ2) is 33.5. The van der Waals surface area contributed by atoms with Crippen LogP contribution in [0.2, 0.25) is 0 Å². The fourth-order valence-electron chi connectivity index (χ4n) is 15.4. The van der Waals surface area contributed by atoms with Gasteiger partial charge in [-0.15, -0.1) is 13.2 Å². The molecule has 26 nitrogen and oxygen atoms in total. The van der Waals surface area contributed by atoms with Crippen molar-refractivity contribution in [2.24, 2.45) is 46.3 Å². The maximum atomic E-state index is 14.5. The van der Waals surface area contributed by atoms with Crippen LogP contribution in [0.15, 0.2) is 86.0 Å². The Labute approximate surface area is 646 Å². The number of halogens is 2. The van der Waals surface area contributed by atoms with Gasteiger partial charge < -0.3 is 28.7 Å². The standard InChI is InChI=1S/C41H52FN3O10S.C40H50FN3O10S/c1-5-28-20-41(28,38(50)43-56(52,53)31-16-17-31)21-35(47)34-19-30(54-39(51)44-22-27-10-7-11-33(42)32(27)24-44)23-45(34)37(49)26(18-36(48)55-40(2,3)4)13-15-29(46)14-12-25-8-6-9-25;1-5-27-19-40(27,37(49)42-55(51,52)30-15-16-30)20-34(46)33-18-29(53-38(50)43-21-26-7-6-8-32(41)31(26)23-43)22-44(33)36(48)25(17-35(47)54-39(2,3)4)12-14-28(45)13-11-24-9-10-24/h5,7,10-12,14,25-26,28,30-31,34H,1,6,8-9,13,15-24H2,2-4H3,(H,43,50);5-8,11,13,24-25,27,29-30,33H,1,9-10,12,14-23H2,2-4H3,(H,42,49)/b14-12+;13-11+/t26-,28-,30?,34+,41-;25-,27-,29?,33+,40-/m11/s1. The van der Waals surface area contributed by atoms with E-state index >= 15 is 0 Å². The molecule has 4 aliphatic heterocycles. The smallest absolute Gasteiger partial charge is 0.410 e. The summed E-state index contributed by atoms with van der Waals surface area (Å²) in [6.07, 6.45) is 11.5. The number of carbonyl (C=O) groups excluding carboxylic acids is 12. The molecule has 2 N–H and O–H groups in total. The molecular formula is C81H102F2N6O20S2. The van der Waals surface area contributed by atoms with Crippen LogP contribution >= 0.6 is 0 Å². The summed E-state index contributed by atoms with van der Waals surface area (Å²) in [7, 11) is -7.84. The molecule has 0 spiro atoms. The van der Waals surface area contributed by atoms with Crippen molar-refractivity contribution in [2.45, 2.75) is 249 Å². The minimum absolute atomic E-state index is 0.0186. The van der Waals surface area contributed by atoms with Gasteiger partial charge in [-0.3, -0.25) is 67.2 Å². The highest BCUT2D eigenvalue weighted by Gasteiger charge is 2.63. The summed E-state index contributed by atoms with van der Waals surface area (Å²) >= 11 is 0. The highest BCUT2D eigenvalue weighted by atomic mass is 32.2. The zero-order chi connectivity index (χ0) is 80.4. The molecule has 2 aromatic carbocycles. The molecule has 6 saturated carbocycles. The Morgan fingerprint density at radius 1 is 0.550 bits per heavy atom. The average molecular weight is 1580 g/mol. The van der Waals surface area contributed by atoms with E-state index in [1.807, 2.05) is 12.2 Å². The monoisotopic (exact) mass is 1580 g/mol. The highest BCUT2D eigenvalue weighted by molar-refractivity contribution is 7.91. The molecule has 2 saturated heterocycles. The fourth-order valence-corrected chi connectivity index (χ4v) is 18.2. The van der Waals surface area contributed by atoms with Gasteiger partial charge in [0.2, 0.25) is 43.7 Å². The van der Waals surface area contributed by atoms with E-state index < -0.39 is 184 Å². The maximum absolute atomic E-state index is 14.5. The number of esters is 2. The van der Waals surface area contributed by atoms with Gasteiger partial charge in [0.05, 0.1) is 72.4 Å². The van der Waals surface area contributed by atoms with Crippen LogP contribution in [-0.2, 0) is 113 Å². The first-order valence-electron chi connectivity index (χ1n) is 38.6. The van der Waals surface area contributed by atoms with E-state index in [0.717, 1.165) is 32.1 Å². The van der Waals surface area contributed by atoms with E-state index in [2.05, 4.69) is 22.6 Å². The molecule has 4 heterocycles. The topological polar surface area (TPSA) is 347 Å². The Morgan fingerprint density at radius 3 is 1.24 bits per heavy atom. The lowest BCUT2D eigenvalue weighted by atomic mass is 9.85. The zero-order valence-corrected chi connectivity index (χ0v) is 65.5. The predicted octanol–water partition coefficient (Wildman–Crippen LogP) is 9.73. The molecule has 10 atom stereocenters. The molecule has 8 fully saturated rings. The highest BCUT2D eigenvalue weighted by Crippen LogP contribution is 2.58. The van der Waals surface area contributed by atoms with Crippen molar-refractivity contribution in [3.05, 3.63) is 120 Å². The van der Waals surface area contributed by atoms with Crippen LogP contribution in [0.5, 0.6) is 0 Å². The number of nitrogens with one attached hydrogen (secondary N) is 2. The van der Waals surface area contributed by atoms with Gasteiger partial charge in [0, 0.05) is 74.6 Å². The van der Waals surface area contributed by atoms with Crippen molar-refractivity contribution in [2.75, 3.05) is 13.1 Å². The second-order valence-electron chi connectivity index (χ2n) is 33.7. The average Bonchev–Trinajstić information content (AvgIpc) is 1.58. The number of hydrogen-bond donors (Lipinski definition) is 2. The van der Waals surface area contributed by atoms with Gasteiger partial charge in [-0.05, 0) is 178 Å².